The van der Waals surface area contributed by atoms with Gasteiger partial charge in [-0.2, -0.15) is 0 Å². The first-order valence-corrected chi connectivity index (χ1v) is 8.59. The molecule has 1 heterocycles. The zero-order valence-corrected chi connectivity index (χ0v) is 14.9. The summed E-state index contributed by atoms with van der Waals surface area (Å²) < 4.78 is 5.97. The predicted molar refractivity (Wildman–Crippen MR) is 98.4 cm³/mol. The predicted octanol–water partition coefficient (Wildman–Crippen LogP) is 6.33. The average Bonchev–Trinajstić information content (AvgIpc) is 2.96. The van der Waals surface area contributed by atoms with Crippen molar-refractivity contribution in [1.82, 2.24) is 0 Å². The summed E-state index contributed by atoms with van der Waals surface area (Å²) in [4.78, 5) is 0. The molecule has 120 valence electrons. The molecule has 1 nitrogen and oxygen atoms in total. The van der Waals surface area contributed by atoms with Crippen LogP contribution in [0.2, 0.25) is 0 Å². The van der Waals surface area contributed by atoms with Crippen molar-refractivity contribution in [3.63, 3.8) is 0 Å². The molecule has 0 aliphatic rings. The molecule has 3 aromatic rings. The highest BCUT2D eigenvalue weighted by molar-refractivity contribution is 5.88. The van der Waals surface area contributed by atoms with E-state index < -0.39 is 0 Å². The minimum Gasteiger partial charge on any atom is -0.464 e. The van der Waals surface area contributed by atoms with Gasteiger partial charge in [0, 0.05) is 17.4 Å². The molecule has 0 atom stereocenters. The van der Waals surface area contributed by atoms with Crippen LogP contribution in [-0.4, -0.2) is 0 Å². The fourth-order valence-corrected chi connectivity index (χ4v) is 3.42. The molecule has 0 saturated heterocycles. The summed E-state index contributed by atoms with van der Waals surface area (Å²) in [5.41, 5.74) is 9.09. The van der Waals surface area contributed by atoms with Crippen LogP contribution in [0.1, 0.15) is 60.1 Å². The fourth-order valence-electron chi connectivity index (χ4n) is 3.42. The van der Waals surface area contributed by atoms with E-state index >= 15 is 0 Å². The lowest BCUT2D eigenvalue weighted by atomic mass is 9.93. The monoisotopic (exact) mass is 306 g/mol. The summed E-state index contributed by atoms with van der Waals surface area (Å²) >= 11 is 0. The number of aryl methyl sites for hydroxylation is 3. The summed E-state index contributed by atoms with van der Waals surface area (Å²) in [6, 6.07) is 11.3. The molecule has 1 aromatic heterocycles. The molecular weight excluding hydrogens is 280 g/mol. The van der Waals surface area contributed by atoms with Gasteiger partial charge >= 0.3 is 0 Å². The molecule has 0 bridgehead atoms. The van der Waals surface area contributed by atoms with Crippen LogP contribution in [0.5, 0.6) is 0 Å². The second-order valence-corrected chi connectivity index (χ2v) is 6.88. The van der Waals surface area contributed by atoms with Gasteiger partial charge in [0.2, 0.25) is 0 Å². The Morgan fingerprint density at radius 3 is 2.30 bits per heavy atom. The van der Waals surface area contributed by atoms with Crippen LogP contribution in [0.4, 0.5) is 0 Å². The van der Waals surface area contributed by atoms with E-state index in [2.05, 4.69) is 65.0 Å². The highest BCUT2D eigenvalue weighted by Gasteiger charge is 2.15. The topological polar surface area (TPSA) is 13.1 Å². The van der Waals surface area contributed by atoms with Crippen LogP contribution in [0.25, 0.3) is 11.0 Å². The van der Waals surface area contributed by atoms with Crippen molar-refractivity contribution >= 4 is 11.0 Å². The van der Waals surface area contributed by atoms with Gasteiger partial charge < -0.3 is 4.42 Å². The molecule has 0 aliphatic carbocycles. The van der Waals surface area contributed by atoms with Crippen LogP contribution in [0.3, 0.4) is 0 Å². The first-order valence-electron chi connectivity index (χ1n) is 8.59. The minimum atomic E-state index is 0.578. The zero-order chi connectivity index (χ0) is 16.6. The lowest BCUT2D eigenvalue weighted by molar-refractivity contribution is 0.607. The van der Waals surface area contributed by atoms with Gasteiger partial charge in [-0.15, -0.1) is 0 Å². The Balaban J connectivity index is 2.04. The van der Waals surface area contributed by atoms with Crippen molar-refractivity contribution < 1.29 is 4.42 Å². The van der Waals surface area contributed by atoms with Crippen LogP contribution in [0, 0.1) is 13.8 Å². The summed E-state index contributed by atoms with van der Waals surface area (Å²) in [7, 11) is 0. The van der Waals surface area contributed by atoms with Crippen molar-refractivity contribution in [2.24, 2.45) is 0 Å². The lowest BCUT2D eigenvalue weighted by Gasteiger charge is -2.11. The van der Waals surface area contributed by atoms with E-state index in [1.165, 1.54) is 38.8 Å². The lowest BCUT2D eigenvalue weighted by Crippen LogP contribution is -1.96. The molecule has 0 fully saturated rings. The van der Waals surface area contributed by atoms with Crippen LogP contribution in [0.15, 0.2) is 41.0 Å². The second kappa shape index (κ2) is 6.23. The summed E-state index contributed by atoms with van der Waals surface area (Å²) in [5, 5.41) is 1.31. The minimum absolute atomic E-state index is 0.578. The Morgan fingerprint density at radius 1 is 1.00 bits per heavy atom. The summed E-state index contributed by atoms with van der Waals surface area (Å²) in [6.07, 6.45) is 3.87. The number of rotatable bonds is 4. The molecule has 23 heavy (non-hydrogen) atoms. The van der Waals surface area contributed by atoms with Crippen molar-refractivity contribution in [2.45, 2.75) is 53.4 Å². The quantitative estimate of drug-likeness (QED) is 0.549. The SMILES string of the molecule is CCc1coc2c(Cc3ccc(C(C)C)cc3)c(C)cc(C)c12. The first-order chi connectivity index (χ1) is 11.0. The van der Waals surface area contributed by atoms with E-state index in [4.69, 9.17) is 4.42 Å². The molecule has 0 N–H and O–H groups in total. The van der Waals surface area contributed by atoms with E-state index in [1.54, 1.807) is 0 Å². The molecule has 0 unspecified atom stereocenters. The van der Waals surface area contributed by atoms with E-state index in [1.807, 2.05) is 6.26 Å². The molecule has 0 amide bonds. The molecule has 0 spiro atoms. The standard InChI is InChI=1S/C22H26O/c1-6-18-13-23-22-20(15(4)11-16(5)21(18)22)12-17-7-9-19(10-8-17)14(2)3/h7-11,13-14H,6,12H2,1-5H3. The van der Waals surface area contributed by atoms with E-state index in [0.29, 0.717) is 5.92 Å². The molecule has 0 radical (unpaired) electrons. The van der Waals surface area contributed by atoms with Gasteiger partial charge in [-0.25, -0.2) is 0 Å². The van der Waals surface area contributed by atoms with Crippen LogP contribution >= 0.6 is 0 Å². The third kappa shape index (κ3) is 2.93. The van der Waals surface area contributed by atoms with Gasteiger partial charge in [0.1, 0.15) is 5.58 Å². The maximum Gasteiger partial charge on any atom is 0.138 e. The Kier molecular flexibility index (Phi) is 4.30. The maximum absolute atomic E-state index is 5.97. The third-order valence-electron chi connectivity index (χ3n) is 4.85. The Bertz CT molecular complexity index is 819. The van der Waals surface area contributed by atoms with Gasteiger partial charge in [-0.1, -0.05) is 51.1 Å². The van der Waals surface area contributed by atoms with Gasteiger partial charge in [0.25, 0.3) is 0 Å². The summed E-state index contributed by atoms with van der Waals surface area (Å²) in [5.74, 6) is 0.578. The van der Waals surface area contributed by atoms with Crippen molar-refractivity contribution in [3.05, 3.63) is 70.0 Å². The number of hydrogen-bond acceptors (Lipinski definition) is 1. The van der Waals surface area contributed by atoms with Crippen molar-refractivity contribution in [3.8, 4) is 0 Å². The number of hydrogen-bond donors (Lipinski definition) is 0. The van der Waals surface area contributed by atoms with E-state index in [9.17, 15) is 0 Å². The molecular formula is C22H26O. The maximum atomic E-state index is 5.97. The number of fused-ring (bicyclic) bond motifs is 1. The van der Waals surface area contributed by atoms with Gasteiger partial charge in [-0.3, -0.25) is 0 Å². The van der Waals surface area contributed by atoms with Gasteiger partial charge in [0.15, 0.2) is 0 Å². The Labute approximate surface area is 139 Å². The Morgan fingerprint density at radius 2 is 1.70 bits per heavy atom. The molecule has 3 rings (SSSR count). The van der Waals surface area contributed by atoms with E-state index in [-0.39, 0.29) is 0 Å². The van der Waals surface area contributed by atoms with Crippen LogP contribution in [-0.2, 0) is 12.8 Å². The van der Waals surface area contributed by atoms with Gasteiger partial charge in [0.05, 0.1) is 6.26 Å². The molecule has 0 saturated carbocycles. The van der Waals surface area contributed by atoms with Crippen molar-refractivity contribution in [2.75, 3.05) is 0 Å². The highest BCUT2D eigenvalue weighted by atomic mass is 16.3. The van der Waals surface area contributed by atoms with Crippen molar-refractivity contribution in [1.29, 1.82) is 0 Å². The third-order valence-corrected chi connectivity index (χ3v) is 4.85. The smallest absolute Gasteiger partial charge is 0.138 e. The highest BCUT2D eigenvalue weighted by Crippen LogP contribution is 2.32. The van der Waals surface area contributed by atoms with Crippen LogP contribution < -0.4 is 0 Å². The Hall–Kier alpha value is -2.02. The second-order valence-electron chi connectivity index (χ2n) is 6.88. The zero-order valence-electron chi connectivity index (χ0n) is 14.9. The first kappa shape index (κ1) is 15.9. The normalized spacial score (nSPS) is 11.6. The van der Waals surface area contributed by atoms with Gasteiger partial charge in [-0.05, 0) is 54.0 Å². The largest absolute Gasteiger partial charge is 0.464 e. The number of benzene rings is 2. The summed E-state index contributed by atoms with van der Waals surface area (Å²) in [6.45, 7) is 11.0. The molecule has 2 aromatic carbocycles. The fraction of sp³-hybridized carbons (Fsp3) is 0.364. The number of furan rings is 1. The van der Waals surface area contributed by atoms with E-state index in [0.717, 1.165) is 18.4 Å². The molecule has 0 aliphatic heterocycles. The average molecular weight is 306 g/mol. The molecule has 1 heteroatoms.